The molecule has 3 heterocycles. The van der Waals surface area contributed by atoms with Crippen LogP contribution >= 0.6 is 36.7 Å². The minimum absolute atomic E-state index is 0.234. The number of halogens is 3. The summed E-state index contributed by atoms with van der Waals surface area (Å²) < 4.78 is 49.5. The molecule has 89 heavy (non-hydrogen) atoms. The van der Waals surface area contributed by atoms with Crippen LogP contribution in [0.3, 0.4) is 0 Å². The van der Waals surface area contributed by atoms with Crippen LogP contribution < -0.4 is 21.7 Å². The Balaban J connectivity index is 0.000000198. The van der Waals surface area contributed by atoms with Gasteiger partial charge in [-0.15, -0.1) is 0 Å². The molecule has 464 valence electrons. The second-order valence-electron chi connectivity index (χ2n) is 22.4. The maximum atomic E-state index is 13.3. The molecule has 2 amide bonds. The Kier molecular flexibility index (Phi) is 27.6. The fraction of sp³-hybridized carbons (Fsp3) is 0.275. The van der Waals surface area contributed by atoms with Gasteiger partial charge in [-0.25, -0.2) is 22.8 Å². The molecule has 0 saturated carbocycles. The van der Waals surface area contributed by atoms with E-state index in [2.05, 4.69) is 82.4 Å². The van der Waals surface area contributed by atoms with Crippen LogP contribution in [0.25, 0.3) is 32.3 Å². The van der Waals surface area contributed by atoms with Gasteiger partial charge >= 0.3 is 12.2 Å². The summed E-state index contributed by atoms with van der Waals surface area (Å²) >= 11 is 15.9. The van der Waals surface area contributed by atoms with Crippen molar-refractivity contribution in [3.8, 4) is 0 Å². The Bertz CT molecular complexity index is 3790. The van der Waals surface area contributed by atoms with Crippen molar-refractivity contribution in [1.29, 1.82) is 0 Å². The molecule has 5 N–H and O–H groups in total. The number of nitrogens with zero attached hydrogens (tertiary/aromatic N) is 6. The average molecular weight is 1260 g/mol. The monoisotopic (exact) mass is 1260 g/mol. The number of aliphatic imine (C=N–C) groups is 1. The smallest absolute Gasteiger partial charge is 0.407 e. The van der Waals surface area contributed by atoms with E-state index in [4.69, 9.17) is 39.6 Å². The third kappa shape index (κ3) is 25.9. The van der Waals surface area contributed by atoms with Crippen molar-refractivity contribution in [3.05, 3.63) is 228 Å². The first-order valence-corrected chi connectivity index (χ1v) is 30.0. The number of nitrogens with two attached hydrogens (primary N) is 1. The molecule has 0 unspecified atom stereocenters. The van der Waals surface area contributed by atoms with Crippen LogP contribution in [-0.4, -0.2) is 103 Å². The summed E-state index contributed by atoms with van der Waals surface area (Å²) in [5.74, 6) is -0.752. The molecule has 3 aromatic heterocycles. The standard InChI is InChI=1S/C25H28FN3O2S.C20H20FN3S.C14H21FN2O2.C10H6N2S/c1-25(2,3)31-24(30)28-12-13-29(17-18-5-8-22(26)9-6-18)23(32)15-19-4-7-21-16-27-11-10-20(21)14-19;21-19-5-2-15(3-6-19)14-24(10-8-22)20(25)12-16-1-4-18-13-23-9-7-17(18)11-16;1-14(2,3)19-13(18)17-9-8-16-10-11-4-6-12(15)7-5-11;13-7-12-10-2-1-9-6-11-4-3-8(9)5-10/h4-11,14,16H,12-13,15,17H2,1-3H3,(H,28,30);1-7,9,11,13H,8,10,12,14,22H2;4-7,16H,8-10H2,1-3H3,(H,17,18);1-6H. The number of fused-ring (bicyclic) bond motifs is 3. The largest absolute Gasteiger partial charge is 0.444 e. The fourth-order valence-electron chi connectivity index (χ4n) is 8.62. The molecule has 0 aliphatic rings. The highest BCUT2D eigenvalue weighted by molar-refractivity contribution is 7.80. The van der Waals surface area contributed by atoms with Crippen LogP contribution in [0.1, 0.15) is 69.4 Å². The number of benzene rings is 6. The third-order valence-electron chi connectivity index (χ3n) is 12.9. The number of thiocarbonyl (C=S) groups is 3. The lowest BCUT2D eigenvalue weighted by Crippen LogP contribution is -2.40. The lowest BCUT2D eigenvalue weighted by Gasteiger charge is -2.26. The molecule has 9 rings (SSSR count). The SMILES string of the molecule is CC(C)(C)OC(=O)NCCN(Cc1ccc(F)cc1)C(=S)Cc1ccc2cnccc2c1.CC(C)(C)OC(=O)NCCNCc1ccc(F)cc1.NCCN(Cc1ccc(F)cc1)C(=S)Cc1ccc2cnccc2c1.S=C=Nc1ccc2cnccc2c1. The zero-order chi connectivity index (χ0) is 64.2. The van der Waals surface area contributed by atoms with Crippen LogP contribution in [0, 0.1) is 17.5 Å². The molecule has 0 aliphatic heterocycles. The molecule has 0 spiro atoms. The summed E-state index contributed by atoms with van der Waals surface area (Å²) in [5, 5.41) is 17.6. The number of carbonyl (C=O) groups excluding carboxylic acids is 2. The van der Waals surface area contributed by atoms with E-state index >= 15 is 0 Å². The van der Waals surface area contributed by atoms with Crippen LogP contribution in [0.4, 0.5) is 28.4 Å². The summed E-state index contributed by atoms with van der Waals surface area (Å²) in [7, 11) is 0. The molecule has 0 bridgehead atoms. The number of isothiocyanates is 1. The van der Waals surface area contributed by atoms with Crippen molar-refractivity contribution in [1.82, 2.24) is 40.7 Å². The summed E-state index contributed by atoms with van der Waals surface area (Å²) in [4.78, 5) is 45.2. The van der Waals surface area contributed by atoms with Gasteiger partial charge in [0.15, 0.2) is 0 Å². The molecule has 6 aromatic carbocycles. The fourth-order valence-corrected chi connectivity index (χ4v) is 9.37. The van der Waals surface area contributed by atoms with Crippen molar-refractivity contribution < 1.29 is 32.2 Å². The van der Waals surface area contributed by atoms with Gasteiger partial charge in [0.05, 0.1) is 20.8 Å². The molecule has 0 saturated heterocycles. The van der Waals surface area contributed by atoms with Gasteiger partial charge in [-0.2, -0.15) is 4.99 Å². The summed E-state index contributed by atoms with van der Waals surface area (Å²) in [6.07, 6.45) is 11.2. The van der Waals surface area contributed by atoms with E-state index in [-0.39, 0.29) is 17.5 Å². The molecule has 14 nitrogen and oxygen atoms in total. The highest BCUT2D eigenvalue weighted by Crippen LogP contribution is 2.21. The zero-order valence-electron chi connectivity index (χ0n) is 50.9. The first kappa shape index (κ1) is 69.5. The van der Waals surface area contributed by atoms with Gasteiger partial charge in [0, 0.05) is 125 Å². The molecule has 0 radical (unpaired) electrons. The molecule has 0 fully saturated rings. The van der Waals surface area contributed by atoms with Crippen molar-refractivity contribution in [2.75, 3.05) is 39.3 Å². The average Bonchev–Trinajstić information content (AvgIpc) is 3.67. The quantitative estimate of drug-likeness (QED) is 0.0342. The van der Waals surface area contributed by atoms with Crippen molar-refractivity contribution in [2.45, 2.75) is 85.2 Å². The van der Waals surface area contributed by atoms with Gasteiger partial charge in [0.2, 0.25) is 0 Å². The molecule has 20 heteroatoms. The van der Waals surface area contributed by atoms with Crippen LogP contribution in [0.5, 0.6) is 0 Å². The first-order chi connectivity index (χ1) is 42.6. The van der Waals surface area contributed by atoms with E-state index in [0.717, 1.165) is 75.8 Å². The van der Waals surface area contributed by atoms with E-state index in [1.807, 2.05) is 114 Å². The summed E-state index contributed by atoms with van der Waals surface area (Å²) in [6, 6.07) is 43.4. The third-order valence-corrected chi connectivity index (χ3v) is 13.8. The number of alkyl carbamates (subject to hydrolysis) is 2. The maximum Gasteiger partial charge on any atom is 0.407 e. The minimum Gasteiger partial charge on any atom is -0.444 e. The number of amides is 2. The van der Waals surface area contributed by atoms with Crippen molar-refractivity contribution >= 4 is 102 Å². The van der Waals surface area contributed by atoms with Crippen LogP contribution in [0.2, 0.25) is 0 Å². The molecule has 0 atom stereocenters. The van der Waals surface area contributed by atoms with E-state index in [0.29, 0.717) is 71.7 Å². The molecule has 9 aromatic rings. The first-order valence-electron chi connectivity index (χ1n) is 28.8. The Morgan fingerprint density at radius 3 is 1.34 bits per heavy atom. The van der Waals surface area contributed by atoms with Gasteiger partial charge in [-0.05, 0) is 164 Å². The number of nitrogens with one attached hydrogen (secondary N) is 3. The van der Waals surface area contributed by atoms with Gasteiger partial charge in [-0.3, -0.25) is 15.0 Å². The van der Waals surface area contributed by atoms with Gasteiger partial charge in [-0.1, -0.05) is 103 Å². The minimum atomic E-state index is -0.557. The molecule has 0 aliphatic carbocycles. The van der Waals surface area contributed by atoms with Gasteiger partial charge in [0.25, 0.3) is 0 Å². The van der Waals surface area contributed by atoms with E-state index in [1.165, 1.54) is 36.4 Å². The van der Waals surface area contributed by atoms with Crippen LogP contribution in [-0.2, 0) is 41.9 Å². The van der Waals surface area contributed by atoms with Crippen LogP contribution in [0.15, 0.2) is 188 Å². The lowest BCUT2D eigenvalue weighted by atomic mass is 10.1. The summed E-state index contributed by atoms with van der Waals surface area (Å²) in [5.41, 5.74) is 10.7. The lowest BCUT2D eigenvalue weighted by molar-refractivity contribution is 0.0515. The molecular formula is C69H75F3N10O4S3. The number of carbonyl (C=O) groups is 2. The van der Waals surface area contributed by atoms with Crippen molar-refractivity contribution in [3.63, 3.8) is 0 Å². The number of pyridine rings is 3. The van der Waals surface area contributed by atoms with E-state index in [1.54, 1.807) is 55.0 Å². The predicted molar refractivity (Wildman–Crippen MR) is 362 cm³/mol. The van der Waals surface area contributed by atoms with Gasteiger partial charge < -0.3 is 41.0 Å². The highest BCUT2D eigenvalue weighted by atomic mass is 32.1. The number of hydrogen-bond acceptors (Lipinski definition) is 13. The summed E-state index contributed by atoms with van der Waals surface area (Å²) in [6.45, 7) is 15.9. The normalized spacial score (nSPS) is 10.9. The Labute approximate surface area is 535 Å². The Hall–Kier alpha value is -8.62. The maximum absolute atomic E-state index is 13.3. The predicted octanol–water partition coefficient (Wildman–Crippen LogP) is 14.4. The second kappa shape index (κ2) is 35.4. The topological polar surface area (TPSA) is 172 Å². The second-order valence-corrected chi connectivity index (χ2v) is 23.5. The number of hydrogen-bond donors (Lipinski definition) is 4. The highest BCUT2D eigenvalue weighted by Gasteiger charge is 2.18. The van der Waals surface area contributed by atoms with E-state index < -0.39 is 23.4 Å². The van der Waals surface area contributed by atoms with Gasteiger partial charge in [0.1, 0.15) is 28.7 Å². The number of rotatable bonds is 19. The van der Waals surface area contributed by atoms with Crippen molar-refractivity contribution in [2.24, 2.45) is 10.7 Å². The van der Waals surface area contributed by atoms with E-state index in [9.17, 15) is 22.8 Å². The Morgan fingerprint density at radius 1 is 0.517 bits per heavy atom. The number of ether oxygens (including phenoxy) is 2. The Morgan fingerprint density at radius 2 is 0.910 bits per heavy atom. The molecular weight excluding hydrogens is 1190 g/mol. The number of aromatic nitrogens is 3. The zero-order valence-corrected chi connectivity index (χ0v) is 53.3.